The Morgan fingerprint density at radius 2 is 1.90 bits per heavy atom. The van der Waals surface area contributed by atoms with Gasteiger partial charge in [0.25, 0.3) is 0 Å². The molecule has 0 spiro atoms. The van der Waals surface area contributed by atoms with E-state index >= 15 is 0 Å². The lowest BCUT2D eigenvalue weighted by molar-refractivity contribution is 0.0924. The first-order chi connectivity index (χ1) is 9.70. The van der Waals surface area contributed by atoms with Gasteiger partial charge in [-0.25, -0.2) is 0 Å². The highest BCUT2D eigenvalue weighted by Gasteiger charge is 2.29. The summed E-state index contributed by atoms with van der Waals surface area (Å²) >= 11 is 0. The van der Waals surface area contributed by atoms with Crippen LogP contribution in [0.3, 0.4) is 0 Å². The van der Waals surface area contributed by atoms with Gasteiger partial charge in [0.1, 0.15) is 0 Å². The van der Waals surface area contributed by atoms with Crippen LogP contribution in [0.1, 0.15) is 72.1 Å². The molecule has 2 unspecified atom stereocenters. The van der Waals surface area contributed by atoms with E-state index in [4.69, 9.17) is 0 Å². The van der Waals surface area contributed by atoms with Gasteiger partial charge in [-0.15, -0.1) is 0 Å². The molecule has 118 valence electrons. The van der Waals surface area contributed by atoms with Crippen LogP contribution in [0.5, 0.6) is 0 Å². The van der Waals surface area contributed by atoms with E-state index in [0.717, 1.165) is 23.9 Å². The first-order valence-corrected chi connectivity index (χ1v) is 9.18. The summed E-state index contributed by atoms with van der Waals surface area (Å²) < 4.78 is 0. The van der Waals surface area contributed by atoms with Gasteiger partial charge in [0.15, 0.2) is 0 Å². The highest BCUT2D eigenvalue weighted by molar-refractivity contribution is 4.87. The smallest absolute Gasteiger partial charge is 0.0244 e. The van der Waals surface area contributed by atoms with Crippen LogP contribution < -0.4 is 5.32 Å². The second-order valence-electron chi connectivity index (χ2n) is 7.49. The van der Waals surface area contributed by atoms with Crippen LogP contribution in [-0.2, 0) is 0 Å². The number of nitrogens with zero attached hydrogens (tertiary/aromatic N) is 1. The Labute approximate surface area is 126 Å². The zero-order valence-corrected chi connectivity index (χ0v) is 14.0. The standard InChI is InChI=1S/C18H36N2/c1-4-8-17-14-20(18(13-19-17)15(2)3)12-7-11-16-9-5-6-10-16/h15-19H,4-14H2,1-3H3. The van der Waals surface area contributed by atoms with Crippen LogP contribution in [0.4, 0.5) is 0 Å². The fraction of sp³-hybridized carbons (Fsp3) is 1.00. The first-order valence-electron chi connectivity index (χ1n) is 9.18. The molecule has 1 saturated heterocycles. The van der Waals surface area contributed by atoms with Crippen LogP contribution in [0, 0.1) is 11.8 Å². The Balaban J connectivity index is 1.76. The van der Waals surface area contributed by atoms with E-state index in [0.29, 0.717) is 0 Å². The van der Waals surface area contributed by atoms with Gasteiger partial charge in [-0.3, -0.25) is 4.90 Å². The SMILES string of the molecule is CCCC1CN(CCCC2CCCC2)C(C(C)C)CN1. The lowest BCUT2D eigenvalue weighted by Crippen LogP contribution is -2.58. The molecule has 2 fully saturated rings. The van der Waals surface area contributed by atoms with E-state index in [1.165, 1.54) is 71.0 Å². The minimum Gasteiger partial charge on any atom is -0.311 e. The number of rotatable bonds is 7. The van der Waals surface area contributed by atoms with E-state index in [2.05, 4.69) is 31.0 Å². The molecule has 1 heterocycles. The van der Waals surface area contributed by atoms with Crippen molar-refractivity contribution in [2.45, 2.75) is 84.2 Å². The van der Waals surface area contributed by atoms with Crippen molar-refractivity contribution in [2.24, 2.45) is 11.8 Å². The van der Waals surface area contributed by atoms with Gasteiger partial charge < -0.3 is 5.32 Å². The summed E-state index contributed by atoms with van der Waals surface area (Å²) in [5.41, 5.74) is 0. The van der Waals surface area contributed by atoms with Crippen molar-refractivity contribution >= 4 is 0 Å². The minimum absolute atomic E-state index is 0.737. The van der Waals surface area contributed by atoms with E-state index in [1.54, 1.807) is 0 Å². The molecule has 1 aliphatic heterocycles. The summed E-state index contributed by atoms with van der Waals surface area (Å²) in [4.78, 5) is 2.80. The normalized spacial score (nSPS) is 29.4. The first kappa shape index (κ1) is 16.3. The summed E-state index contributed by atoms with van der Waals surface area (Å²) in [6, 6.07) is 1.49. The maximum atomic E-state index is 3.77. The fourth-order valence-corrected chi connectivity index (χ4v) is 4.24. The van der Waals surface area contributed by atoms with Crippen LogP contribution in [0.15, 0.2) is 0 Å². The Morgan fingerprint density at radius 3 is 2.55 bits per heavy atom. The molecular formula is C18H36N2. The molecule has 0 amide bonds. The summed E-state index contributed by atoms with van der Waals surface area (Å²) in [7, 11) is 0. The third-order valence-electron chi connectivity index (χ3n) is 5.48. The predicted octanol–water partition coefficient (Wildman–Crippen LogP) is 4.06. The quantitative estimate of drug-likeness (QED) is 0.756. The summed E-state index contributed by atoms with van der Waals surface area (Å²) in [6.45, 7) is 10.9. The predicted molar refractivity (Wildman–Crippen MR) is 88.1 cm³/mol. The highest BCUT2D eigenvalue weighted by atomic mass is 15.2. The van der Waals surface area contributed by atoms with Crippen molar-refractivity contribution in [3.05, 3.63) is 0 Å². The molecule has 2 rings (SSSR count). The van der Waals surface area contributed by atoms with Crippen molar-refractivity contribution in [1.82, 2.24) is 10.2 Å². The summed E-state index contributed by atoms with van der Waals surface area (Å²) in [5.74, 6) is 1.83. The lowest BCUT2D eigenvalue weighted by atomic mass is 9.95. The van der Waals surface area contributed by atoms with Gasteiger partial charge in [-0.05, 0) is 37.6 Å². The third-order valence-corrected chi connectivity index (χ3v) is 5.48. The monoisotopic (exact) mass is 280 g/mol. The minimum atomic E-state index is 0.737. The zero-order chi connectivity index (χ0) is 14.4. The molecule has 1 aliphatic carbocycles. The summed E-state index contributed by atoms with van der Waals surface area (Å²) in [6.07, 6.45) is 11.5. The van der Waals surface area contributed by atoms with E-state index in [9.17, 15) is 0 Å². The van der Waals surface area contributed by atoms with Gasteiger partial charge in [0.2, 0.25) is 0 Å². The topological polar surface area (TPSA) is 15.3 Å². The second-order valence-corrected chi connectivity index (χ2v) is 7.49. The third kappa shape index (κ3) is 4.73. The second kappa shape index (κ2) is 8.38. The lowest BCUT2D eigenvalue weighted by Gasteiger charge is -2.42. The van der Waals surface area contributed by atoms with E-state index in [1.807, 2.05) is 0 Å². The van der Waals surface area contributed by atoms with Gasteiger partial charge in [0.05, 0.1) is 0 Å². The fourth-order valence-electron chi connectivity index (χ4n) is 4.24. The molecule has 0 aromatic carbocycles. The van der Waals surface area contributed by atoms with Crippen molar-refractivity contribution in [3.63, 3.8) is 0 Å². The number of hydrogen-bond donors (Lipinski definition) is 1. The van der Waals surface area contributed by atoms with Crippen LogP contribution >= 0.6 is 0 Å². The summed E-state index contributed by atoms with van der Waals surface area (Å²) in [5, 5.41) is 3.77. The Morgan fingerprint density at radius 1 is 1.15 bits per heavy atom. The van der Waals surface area contributed by atoms with E-state index < -0.39 is 0 Å². The molecule has 0 aromatic heterocycles. The van der Waals surface area contributed by atoms with Crippen molar-refractivity contribution in [1.29, 1.82) is 0 Å². The molecule has 1 N–H and O–H groups in total. The molecule has 2 heteroatoms. The number of piperazine rings is 1. The molecule has 0 radical (unpaired) electrons. The average molecular weight is 280 g/mol. The number of nitrogens with one attached hydrogen (secondary N) is 1. The van der Waals surface area contributed by atoms with Crippen molar-refractivity contribution in [2.75, 3.05) is 19.6 Å². The maximum absolute atomic E-state index is 3.77. The number of hydrogen-bond acceptors (Lipinski definition) is 2. The Bertz CT molecular complexity index is 258. The Kier molecular flexibility index (Phi) is 6.83. The molecule has 2 atom stereocenters. The molecule has 20 heavy (non-hydrogen) atoms. The molecular weight excluding hydrogens is 244 g/mol. The van der Waals surface area contributed by atoms with Crippen LogP contribution in [0.2, 0.25) is 0 Å². The maximum Gasteiger partial charge on any atom is 0.0244 e. The molecule has 2 nitrogen and oxygen atoms in total. The molecule has 2 aliphatic rings. The van der Waals surface area contributed by atoms with Gasteiger partial charge >= 0.3 is 0 Å². The van der Waals surface area contributed by atoms with Crippen LogP contribution in [0.25, 0.3) is 0 Å². The largest absolute Gasteiger partial charge is 0.311 e. The molecule has 1 saturated carbocycles. The Hall–Kier alpha value is -0.0800. The van der Waals surface area contributed by atoms with Gasteiger partial charge in [0, 0.05) is 25.2 Å². The van der Waals surface area contributed by atoms with Gasteiger partial charge in [-0.1, -0.05) is 52.9 Å². The van der Waals surface area contributed by atoms with Crippen molar-refractivity contribution < 1.29 is 0 Å². The molecule has 0 bridgehead atoms. The average Bonchev–Trinajstić information content (AvgIpc) is 2.92. The van der Waals surface area contributed by atoms with E-state index in [-0.39, 0.29) is 0 Å². The highest BCUT2D eigenvalue weighted by Crippen LogP contribution is 2.29. The molecule has 0 aromatic rings. The van der Waals surface area contributed by atoms with Gasteiger partial charge in [-0.2, -0.15) is 0 Å². The zero-order valence-electron chi connectivity index (χ0n) is 14.0. The van der Waals surface area contributed by atoms with Crippen molar-refractivity contribution in [3.8, 4) is 0 Å². The van der Waals surface area contributed by atoms with Crippen LogP contribution in [-0.4, -0.2) is 36.6 Å².